The van der Waals surface area contributed by atoms with Crippen LogP contribution in [0.5, 0.6) is 23.0 Å². The fourth-order valence-corrected chi connectivity index (χ4v) is 3.57. The normalized spacial score (nSPS) is 14.0. The van der Waals surface area contributed by atoms with Gasteiger partial charge in [0.1, 0.15) is 6.79 Å². The number of methoxy groups -OCH3 is 1. The number of nitrogens with one attached hydrogen (secondary N) is 1. The summed E-state index contributed by atoms with van der Waals surface area (Å²) in [6.45, 7) is 1.02. The number of hydrogen-bond acceptors (Lipinski definition) is 7. The SMILES string of the molecule is COCOCCc1cc2c(cc1-c1cc3cc4c(cc3c(=O)[nH]1)OCO4)OCO2. The van der Waals surface area contributed by atoms with E-state index in [1.54, 1.807) is 13.2 Å². The van der Waals surface area contributed by atoms with Crippen LogP contribution in [0.4, 0.5) is 0 Å². The van der Waals surface area contributed by atoms with Gasteiger partial charge in [0.25, 0.3) is 5.56 Å². The Hall–Kier alpha value is -3.23. The van der Waals surface area contributed by atoms with E-state index < -0.39 is 0 Å². The molecule has 0 unspecified atom stereocenters. The van der Waals surface area contributed by atoms with Crippen LogP contribution >= 0.6 is 0 Å². The molecule has 0 saturated heterocycles. The van der Waals surface area contributed by atoms with Gasteiger partial charge in [0.05, 0.1) is 12.0 Å². The Labute approximate surface area is 165 Å². The molecule has 29 heavy (non-hydrogen) atoms. The Bertz CT molecular complexity index is 1140. The Balaban J connectivity index is 1.59. The Morgan fingerprint density at radius 2 is 1.62 bits per heavy atom. The first kappa shape index (κ1) is 17.8. The molecule has 0 fully saturated rings. The molecule has 150 valence electrons. The van der Waals surface area contributed by atoms with Crippen molar-refractivity contribution in [2.45, 2.75) is 6.42 Å². The van der Waals surface area contributed by atoms with E-state index in [-0.39, 0.29) is 25.9 Å². The average molecular weight is 397 g/mol. The maximum atomic E-state index is 12.8. The molecule has 8 heteroatoms. The standard InChI is InChI=1S/C21H19NO7/c1-24-9-25-3-2-12-5-17-19(28-10-26-17)7-14(12)16-4-13-6-18-20(29-11-27-18)8-15(13)21(23)22-16/h4-8H,2-3,9-11H2,1H3,(H,22,23). The second-order valence-corrected chi connectivity index (χ2v) is 6.73. The van der Waals surface area contributed by atoms with Crippen LogP contribution in [0, 0.1) is 0 Å². The van der Waals surface area contributed by atoms with Gasteiger partial charge in [-0.3, -0.25) is 4.79 Å². The molecular weight excluding hydrogens is 378 g/mol. The summed E-state index contributed by atoms with van der Waals surface area (Å²) >= 11 is 0. The number of pyridine rings is 1. The molecule has 0 spiro atoms. The molecule has 0 bridgehead atoms. The molecule has 0 aliphatic carbocycles. The Morgan fingerprint density at radius 1 is 0.931 bits per heavy atom. The summed E-state index contributed by atoms with van der Waals surface area (Å²) in [7, 11) is 1.58. The van der Waals surface area contributed by atoms with Gasteiger partial charge in [0.2, 0.25) is 13.6 Å². The molecule has 3 aromatic rings. The first-order valence-electron chi connectivity index (χ1n) is 9.19. The molecule has 0 saturated carbocycles. The molecule has 2 aliphatic rings. The molecule has 2 aliphatic heterocycles. The van der Waals surface area contributed by atoms with Crippen molar-refractivity contribution in [2.24, 2.45) is 0 Å². The van der Waals surface area contributed by atoms with Crippen LogP contribution in [-0.4, -0.2) is 39.1 Å². The fraction of sp³-hybridized carbons (Fsp3) is 0.286. The van der Waals surface area contributed by atoms with Gasteiger partial charge in [-0.05, 0) is 47.7 Å². The number of ether oxygens (including phenoxy) is 6. The Morgan fingerprint density at radius 3 is 2.38 bits per heavy atom. The molecule has 1 N–H and O–H groups in total. The maximum Gasteiger partial charge on any atom is 0.256 e. The number of aromatic amines is 1. The topological polar surface area (TPSA) is 88.2 Å². The van der Waals surface area contributed by atoms with Crippen LogP contribution < -0.4 is 24.5 Å². The maximum absolute atomic E-state index is 12.8. The van der Waals surface area contributed by atoms with Gasteiger partial charge in [-0.1, -0.05) is 0 Å². The van der Waals surface area contributed by atoms with Crippen LogP contribution in [0.1, 0.15) is 5.56 Å². The van der Waals surface area contributed by atoms with Crippen molar-refractivity contribution in [1.82, 2.24) is 4.98 Å². The second kappa shape index (κ2) is 7.31. The van der Waals surface area contributed by atoms with E-state index in [0.29, 0.717) is 47.1 Å². The summed E-state index contributed by atoms with van der Waals surface area (Å²) in [5.74, 6) is 2.54. The monoisotopic (exact) mass is 397 g/mol. The van der Waals surface area contributed by atoms with Crippen LogP contribution in [-0.2, 0) is 15.9 Å². The third-order valence-corrected chi connectivity index (χ3v) is 4.94. The predicted octanol–water partition coefficient (Wildman–Crippen LogP) is 2.82. The van der Waals surface area contributed by atoms with Crippen molar-refractivity contribution < 1.29 is 28.4 Å². The summed E-state index contributed by atoms with van der Waals surface area (Å²) in [5, 5.41) is 1.32. The quantitative estimate of drug-likeness (QED) is 0.505. The summed E-state index contributed by atoms with van der Waals surface area (Å²) in [6, 6.07) is 9.27. The zero-order valence-electron chi connectivity index (χ0n) is 15.8. The average Bonchev–Trinajstić information content (AvgIpc) is 3.37. The van der Waals surface area contributed by atoms with Gasteiger partial charge in [-0.25, -0.2) is 0 Å². The second-order valence-electron chi connectivity index (χ2n) is 6.73. The summed E-state index contributed by atoms with van der Waals surface area (Å²) < 4.78 is 32.3. The molecular formula is C21H19NO7. The number of fused-ring (bicyclic) bond motifs is 3. The minimum Gasteiger partial charge on any atom is -0.454 e. The van der Waals surface area contributed by atoms with Gasteiger partial charge in [-0.2, -0.15) is 0 Å². The fourth-order valence-electron chi connectivity index (χ4n) is 3.57. The number of aromatic nitrogens is 1. The molecule has 3 heterocycles. The lowest BCUT2D eigenvalue weighted by Crippen LogP contribution is -2.09. The highest BCUT2D eigenvalue weighted by Gasteiger charge is 2.20. The van der Waals surface area contributed by atoms with Crippen molar-refractivity contribution in [3.63, 3.8) is 0 Å². The third-order valence-electron chi connectivity index (χ3n) is 4.94. The number of H-pyrrole nitrogens is 1. The van der Waals surface area contributed by atoms with E-state index in [4.69, 9.17) is 28.4 Å². The highest BCUT2D eigenvalue weighted by Crippen LogP contribution is 2.40. The Kier molecular flexibility index (Phi) is 4.49. The summed E-state index contributed by atoms with van der Waals surface area (Å²) in [6.07, 6.45) is 0.622. The van der Waals surface area contributed by atoms with Crippen LogP contribution in [0.15, 0.2) is 35.1 Å². The lowest BCUT2D eigenvalue weighted by atomic mass is 9.99. The lowest BCUT2D eigenvalue weighted by molar-refractivity contribution is -0.0291. The van der Waals surface area contributed by atoms with E-state index in [1.165, 1.54) is 0 Å². The minimum absolute atomic E-state index is 0.157. The molecule has 0 amide bonds. The van der Waals surface area contributed by atoms with Crippen molar-refractivity contribution in [3.8, 4) is 34.3 Å². The third kappa shape index (κ3) is 3.26. The number of benzene rings is 2. The van der Waals surface area contributed by atoms with Gasteiger partial charge < -0.3 is 33.4 Å². The van der Waals surface area contributed by atoms with Crippen molar-refractivity contribution in [3.05, 3.63) is 46.2 Å². The van der Waals surface area contributed by atoms with Gasteiger partial charge in [-0.15, -0.1) is 0 Å². The van der Waals surface area contributed by atoms with E-state index in [2.05, 4.69) is 4.98 Å². The largest absolute Gasteiger partial charge is 0.454 e. The first-order chi connectivity index (χ1) is 14.2. The van der Waals surface area contributed by atoms with Gasteiger partial charge >= 0.3 is 0 Å². The van der Waals surface area contributed by atoms with Gasteiger partial charge in [0, 0.05) is 18.4 Å². The van der Waals surface area contributed by atoms with E-state index in [0.717, 1.165) is 16.5 Å². The zero-order chi connectivity index (χ0) is 19.8. The van der Waals surface area contributed by atoms with E-state index >= 15 is 0 Å². The molecule has 0 atom stereocenters. The first-order valence-corrected chi connectivity index (χ1v) is 9.19. The summed E-state index contributed by atoms with van der Waals surface area (Å²) in [4.78, 5) is 15.7. The molecule has 0 radical (unpaired) electrons. The van der Waals surface area contributed by atoms with Crippen molar-refractivity contribution >= 4 is 10.8 Å². The predicted molar refractivity (Wildman–Crippen MR) is 104 cm³/mol. The number of rotatable bonds is 6. The molecule has 2 aromatic carbocycles. The van der Waals surface area contributed by atoms with Crippen LogP contribution in [0.25, 0.3) is 22.0 Å². The highest BCUT2D eigenvalue weighted by atomic mass is 16.7. The van der Waals surface area contributed by atoms with Crippen molar-refractivity contribution in [2.75, 3.05) is 34.1 Å². The molecule has 5 rings (SSSR count). The summed E-state index contributed by atoms with van der Waals surface area (Å²) in [5.41, 5.74) is 2.31. The molecule has 8 nitrogen and oxygen atoms in total. The zero-order valence-corrected chi connectivity index (χ0v) is 15.8. The van der Waals surface area contributed by atoms with Crippen LogP contribution in [0.2, 0.25) is 0 Å². The van der Waals surface area contributed by atoms with Gasteiger partial charge in [0.15, 0.2) is 23.0 Å². The van der Waals surface area contributed by atoms with E-state index in [9.17, 15) is 4.79 Å². The smallest absolute Gasteiger partial charge is 0.256 e. The highest BCUT2D eigenvalue weighted by molar-refractivity contribution is 5.89. The minimum atomic E-state index is -0.199. The van der Waals surface area contributed by atoms with E-state index in [1.807, 2.05) is 24.3 Å². The van der Waals surface area contributed by atoms with Crippen LogP contribution in [0.3, 0.4) is 0 Å². The number of hydrogen-bond donors (Lipinski definition) is 1. The lowest BCUT2D eigenvalue weighted by Gasteiger charge is -2.12. The molecule has 1 aromatic heterocycles. The van der Waals surface area contributed by atoms with Crippen molar-refractivity contribution in [1.29, 1.82) is 0 Å².